The fourth-order valence-electron chi connectivity index (χ4n) is 2.39. The third-order valence-electron chi connectivity index (χ3n) is 3.53. The monoisotopic (exact) mass is 316 g/mol. The molecule has 1 fully saturated rings. The normalized spacial score (nSPS) is 17.9. The predicted octanol–water partition coefficient (Wildman–Crippen LogP) is 0.796. The van der Waals surface area contributed by atoms with Crippen LogP contribution in [0.4, 0.5) is 10.1 Å². The number of hydrogen-bond acceptors (Lipinski definition) is 5. The molecular weight excluding hydrogens is 295 g/mol. The predicted molar refractivity (Wildman–Crippen MR) is 80.8 cm³/mol. The van der Waals surface area contributed by atoms with Gasteiger partial charge in [-0.05, 0) is 11.6 Å². The Morgan fingerprint density at radius 3 is 2.71 bits per heavy atom. The largest absolute Gasteiger partial charge is 0.383 e. The quantitative estimate of drug-likeness (QED) is 0.787. The van der Waals surface area contributed by atoms with Gasteiger partial charge in [0.2, 0.25) is 0 Å². The Morgan fingerprint density at radius 1 is 1.33 bits per heavy atom. The Morgan fingerprint density at radius 2 is 2.05 bits per heavy atom. The summed E-state index contributed by atoms with van der Waals surface area (Å²) in [6, 6.07) is 4.95. The molecule has 0 saturated carbocycles. The summed E-state index contributed by atoms with van der Waals surface area (Å²) >= 11 is 0. The zero-order valence-corrected chi connectivity index (χ0v) is 13.0. The molecule has 118 valence electrons. The van der Waals surface area contributed by atoms with Gasteiger partial charge in [-0.2, -0.15) is 0 Å². The summed E-state index contributed by atoms with van der Waals surface area (Å²) in [6.07, 6.45) is 0. The first-order chi connectivity index (χ1) is 10.0. The highest BCUT2D eigenvalue weighted by Crippen LogP contribution is 2.26. The highest BCUT2D eigenvalue weighted by molar-refractivity contribution is 7.91. The van der Waals surface area contributed by atoms with E-state index in [-0.39, 0.29) is 17.3 Å². The molecule has 0 bridgehead atoms. The lowest BCUT2D eigenvalue weighted by molar-refractivity contribution is 0.199. The van der Waals surface area contributed by atoms with E-state index < -0.39 is 9.84 Å². The number of methoxy groups -OCH3 is 1. The lowest BCUT2D eigenvalue weighted by Crippen LogP contribution is -2.41. The van der Waals surface area contributed by atoms with Gasteiger partial charge >= 0.3 is 0 Å². The van der Waals surface area contributed by atoms with Crippen LogP contribution in [-0.2, 0) is 21.1 Å². The molecule has 0 spiro atoms. The van der Waals surface area contributed by atoms with E-state index in [1.807, 2.05) is 11.0 Å². The molecule has 21 heavy (non-hydrogen) atoms. The fraction of sp³-hybridized carbons (Fsp3) is 0.571. The maximum Gasteiger partial charge on any atom is 0.153 e. The average Bonchev–Trinajstić information content (AvgIpc) is 2.45. The number of nitrogens with one attached hydrogen (secondary N) is 1. The number of sulfone groups is 1. The van der Waals surface area contributed by atoms with Gasteiger partial charge in [-0.15, -0.1) is 0 Å². The molecule has 0 aliphatic carbocycles. The second kappa shape index (κ2) is 7.20. The van der Waals surface area contributed by atoms with Crippen molar-refractivity contribution in [1.82, 2.24) is 5.32 Å². The number of nitrogens with zero attached hydrogens (tertiary/aromatic N) is 1. The van der Waals surface area contributed by atoms with Crippen molar-refractivity contribution in [3.63, 3.8) is 0 Å². The molecule has 0 unspecified atom stereocenters. The van der Waals surface area contributed by atoms with Crippen LogP contribution in [0, 0.1) is 5.82 Å². The van der Waals surface area contributed by atoms with E-state index in [0.717, 1.165) is 5.56 Å². The van der Waals surface area contributed by atoms with E-state index in [9.17, 15) is 12.8 Å². The number of para-hydroxylation sites is 1. The van der Waals surface area contributed by atoms with Gasteiger partial charge in [0.05, 0.1) is 23.8 Å². The Hall–Kier alpha value is -1.18. The minimum absolute atomic E-state index is 0.0812. The highest BCUT2D eigenvalue weighted by Gasteiger charge is 2.25. The summed E-state index contributed by atoms with van der Waals surface area (Å²) in [5.74, 6) is -0.143. The van der Waals surface area contributed by atoms with E-state index in [0.29, 0.717) is 38.5 Å². The number of rotatable bonds is 6. The molecule has 1 aromatic carbocycles. The molecule has 1 aliphatic heterocycles. The van der Waals surface area contributed by atoms with Crippen LogP contribution in [0.3, 0.4) is 0 Å². The molecule has 5 nitrogen and oxygen atoms in total. The van der Waals surface area contributed by atoms with E-state index in [4.69, 9.17) is 4.74 Å². The molecule has 1 heterocycles. The van der Waals surface area contributed by atoms with Gasteiger partial charge in [0.1, 0.15) is 5.82 Å². The summed E-state index contributed by atoms with van der Waals surface area (Å²) in [4.78, 5) is 1.82. The second-order valence-corrected chi connectivity index (χ2v) is 7.36. The first kappa shape index (κ1) is 16.2. The molecule has 1 N–H and O–H groups in total. The zero-order chi connectivity index (χ0) is 15.3. The molecule has 1 aromatic rings. The van der Waals surface area contributed by atoms with E-state index in [1.54, 1.807) is 13.2 Å². The number of benzene rings is 1. The van der Waals surface area contributed by atoms with Crippen molar-refractivity contribution in [2.24, 2.45) is 0 Å². The summed E-state index contributed by atoms with van der Waals surface area (Å²) in [5, 5.41) is 3.19. The molecule has 0 aromatic heterocycles. The van der Waals surface area contributed by atoms with Crippen molar-refractivity contribution < 1.29 is 17.5 Å². The minimum Gasteiger partial charge on any atom is -0.383 e. The lowest BCUT2D eigenvalue weighted by atomic mass is 10.1. The van der Waals surface area contributed by atoms with Gasteiger partial charge in [-0.1, -0.05) is 12.1 Å². The summed E-state index contributed by atoms with van der Waals surface area (Å²) in [6.45, 7) is 2.48. The molecule has 0 radical (unpaired) electrons. The van der Waals surface area contributed by atoms with Crippen molar-refractivity contribution >= 4 is 15.5 Å². The van der Waals surface area contributed by atoms with Crippen LogP contribution >= 0.6 is 0 Å². The van der Waals surface area contributed by atoms with Crippen molar-refractivity contribution in [2.45, 2.75) is 6.54 Å². The number of halogens is 1. The number of ether oxygens (including phenoxy) is 1. The smallest absolute Gasteiger partial charge is 0.153 e. The van der Waals surface area contributed by atoms with Crippen LogP contribution in [0.5, 0.6) is 0 Å². The summed E-state index contributed by atoms with van der Waals surface area (Å²) in [5.41, 5.74) is 1.35. The van der Waals surface area contributed by atoms with Crippen molar-refractivity contribution in [3.05, 3.63) is 29.6 Å². The Labute approximate surface area is 125 Å². The Bertz CT molecular complexity index is 564. The van der Waals surface area contributed by atoms with Crippen molar-refractivity contribution in [3.8, 4) is 0 Å². The van der Waals surface area contributed by atoms with Gasteiger partial charge in [0.25, 0.3) is 0 Å². The average molecular weight is 316 g/mol. The summed E-state index contributed by atoms with van der Waals surface area (Å²) < 4.78 is 42.1. The van der Waals surface area contributed by atoms with Crippen molar-refractivity contribution in [1.29, 1.82) is 0 Å². The SMILES string of the molecule is COCCNCc1cccc(F)c1N1CCS(=O)(=O)CC1. The zero-order valence-electron chi connectivity index (χ0n) is 12.1. The topological polar surface area (TPSA) is 58.6 Å². The lowest BCUT2D eigenvalue weighted by Gasteiger charge is -2.30. The fourth-order valence-corrected chi connectivity index (χ4v) is 3.59. The molecule has 7 heteroatoms. The van der Waals surface area contributed by atoms with Crippen LogP contribution in [-0.4, -0.2) is 53.3 Å². The molecule has 1 saturated heterocycles. The van der Waals surface area contributed by atoms with Crippen LogP contribution in [0.1, 0.15) is 5.56 Å². The Balaban J connectivity index is 2.10. The van der Waals surface area contributed by atoms with Crippen LogP contribution in [0.15, 0.2) is 18.2 Å². The van der Waals surface area contributed by atoms with Gasteiger partial charge in [0.15, 0.2) is 9.84 Å². The minimum atomic E-state index is -2.97. The van der Waals surface area contributed by atoms with Crippen molar-refractivity contribution in [2.75, 3.05) is 49.8 Å². The second-order valence-electron chi connectivity index (χ2n) is 5.06. The van der Waals surface area contributed by atoms with E-state index in [2.05, 4.69) is 5.32 Å². The first-order valence-electron chi connectivity index (χ1n) is 6.96. The van der Waals surface area contributed by atoms with Gasteiger partial charge in [-0.25, -0.2) is 12.8 Å². The summed E-state index contributed by atoms with van der Waals surface area (Å²) in [7, 11) is -1.34. The molecule has 0 amide bonds. The van der Waals surface area contributed by atoms with Crippen LogP contribution < -0.4 is 10.2 Å². The van der Waals surface area contributed by atoms with Gasteiger partial charge < -0.3 is 15.0 Å². The molecule has 0 atom stereocenters. The highest BCUT2D eigenvalue weighted by atomic mass is 32.2. The molecular formula is C14H21FN2O3S. The third-order valence-corrected chi connectivity index (χ3v) is 5.14. The number of anilines is 1. The standard InChI is InChI=1S/C14H21FN2O3S/c1-20-8-5-16-11-12-3-2-4-13(15)14(12)17-6-9-21(18,19)10-7-17/h2-4,16H,5-11H2,1H3. The Kier molecular flexibility index (Phi) is 5.55. The number of hydrogen-bond donors (Lipinski definition) is 1. The maximum atomic E-state index is 14.2. The van der Waals surface area contributed by atoms with E-state index >= 15 is 0 Å². The van der Waals surface area contributed by atoms with Crippen LogP contribution in [0.2, 0.25) is 0 Å². The van der Waals surface area contributed by atoms with E-state index in [1.165, 1.54) is 6.07 Å². The van der Waals surface area contributed by atoms with Gasteiger partial charge in [0, 0.05) is 33.3 Å². The van der Waals surface area contributed by atoms with Crippen LogP contribution in [0.25, 0.3) is 0 Å². The first-order valence-corrected chi connectivity index (χ1v) is 8.78. The third kappa shape index (κ3) is 4.39. The molecule has 1 aliphatic rings. The molecule has 2 rings (SSSR count). The maximum absolute atomic E-state index is 14.2. The van der Waals surface area contributed by atoms with Gasteiger partial charge in [-0.3, -0.25) is 0 Å².